The second-order valence-corrected chi connectivity index (χ2v) is 4.84. The van der Waals surface area contributed by atoms with E-state index in [0.29, 0.717) is 5.92 Å². The van der Waals surface area contributed by atoms with Gasteiger partial charge in [0.1, 0.15) is 17.5 Å². The number of aliphatic hydroxyl groups is 1. The summed E-state index contributed by atoms with van der Waals surface area (Å²) >= 11 is 0. The van der Waals surface area contributed by atoms with Gasteiger partial charge in [-0.15, -0.1) is 0 Å². The summed E-state index contributed by atoms with van der Waals surface area (Å²) in [6.45, 7) is 10.1. The zero-order valence-corrected chi connectivity index (χ0v) is 12.5. The molecule has 19 heavy (non-hydrogen) atoms. The van der Waals surface area contributed by atoms with Crippen molar-refractivity contribution < 1.29 is 5.11 Å². The first kappa shape index (κ1) is 15.7. The van der Waals surface area contributed by atoms with Crippen molar-refractivity contribution in [1.82, 2.24) is 9.97 Å². The fraction of sp³-hybridized carbons (Fsp3) is 0.714. The van der Waals surface area contributed by atoms with E-state index < -0.39 is 0 Å². The van der Waals surface area contributed by atoms with Gasteiger partial charge in [-0.3, -0.25) is 0 Å². The highest BCUT2D eigenvalue weighted by atomic mass is 16.3. The molecule has 1 aromatic rings. The molecule has 0 radical (unpaired) electrons. The fourth-order valence-electron chi connectivity index (χ4n) is 1.83. The van der Waals surface area contributed by atoms with Crippen LogP contribution in [0.2, 0.25) is 0 Å². The van der Waals surface area contributed by atoms with Crippen molar-refractivity contribution in [2.45, 2.75) is 40.5 Å². The van der Waals surface area contributed by atoms with E-state index in [0.717, 1.165) is 49.0 Å². The minimum absolute atomic E-state index is 0.231. The average Bonchev–Trinajstić information content (AvgIpc) is 2.40. The molecule has 0 saturated carbocycles. The number of nitrogens with one attached hydrogen (secondary N) is 2. The van der Waals surface area contributed by atoms with Gasteiger partial charge in [0.05, 0.1) is 0 Å². The van der Waals surface area contributed by atoms with Crippen molar-refractivity contribution in [3.8, 4) is 0 Å². The van der Waals surface area contributed by atoms with Gasteiger partial charge in [0.2, 0.25) is 0 Å². The summed E-state index contributed by atoms with van der Waals surface area (Å²) in [4.78, 5) is 9.04. The lowest BCUT2D eigenvalue weighted by molar-refractivity contribution is 0.266. The molecule has 1 atom stereocenters. The van der Waals surface area contributed by atoms with Crippen LogP contribution in [-0.2, 0) is 6.42 Å². The first-order valence-electron chi connectivity index (χ1n) is 7.08. The lowest BCUT2D eigenvalue weighted by Crippen LogP contribution is -2.16. The second-order valence-electron chi connectivity index (χ2n) is 4.84. The predicted octanol–water partition coefficient (Wildman–Crippen LogP) is 2.21. The van der Waals surface area contributed by atoms with Gasteiger partial charge in [-0.2, -0.15) is 0 Å². The van der Waals surface area contributed by atoms with Crippen molar-refractivity contribution in [2.75, 3.05) is 30.3 Å². The van der Waals surface area contributed by atoms with E-state index in [2.05, 4.69) is 41.4 Å². The second kappa shape index (κ2) is 7.94. The maximum absolute atomic E-state index is 8.92. The van der Waals surface area contributed by atoms with E-state index in [1.165, 1.54) is 0 Å². The molecule has 5 heteroatoms. The Labute approximate surface area is 115 Å². The Kier molecular flexibility index (Phi) is 6.56. The van der Waals surface area contributed by atoms with E-state index in [1.807, 2.05) is 6.92 Å². The minimum atomic E-state index is 0.231. The molecular weight excluding hydrogens is 240 g/mol. The summed E-state index contributed by atoms with van der Waals surface area (Å²) in [5.41, 5.74) is 1.05. The molecule has 1 unspecified atom stereocenters. The summed E-state index contributed by atoms with van der Waals surface area (Å²) in [5, 5.41) is 15.6. The number of nitrogens with zero attached hydrogens (tertiary/aromatic N) is 2. The topological polar surface area (TPSA) is 70.1 Å². The Hall–Kier alpha value is -1.36. The molecule has 0 amide bonds. The SMILES string of the molecule is CCNc1nc(CC)nc(NCC(C)CCO)c1C. The van der Waals surface area contributed by atoms with Crippen molar-refractivity contribution in [3.05, 3.63) is 11.4 Å². The van der Waals surface area contributed by atoms with Crippen molar-refractivity contribution in [1.29, 1.82) is 0 Å². The Morgan fingerprint density at radius 3 is 2.32 bits per heavy atom. The normalized spacial score (nSPS) is 12.3. The predicted molar refractivity (Wildman–Crippen MR) is 79.7 cm³/mol. The van der Waals surface area contributed by atoms with Crippen molar-refractivity contribution >= 4 is 11.6 Å². The molecule has 0 saturated heterocycles. The molecule has 108 valence electrons. The molecule has 0 spiro atoms. The highest BCUT2D eigenvalue weighted by Crippen LogP contribution is 2.20. The van der Waals surface area contributed by atoms with Crippen molar-refractivity contribution in [2.24, 2.45) is 5.92 Å². The van der Waals surface area contributed by atoms with Crippen LogP contribution in [0.5, 0.6) is 0 Å². The molecule has 1 heterocycles. The van der Waals surface area contributed by atoms with Crippen LogP contribution in [-0.4, -0.2) is 34.8 Å². The molecule has 0 aliphatic heterocycles. The molecule has 0 aliphatic carbocycles. The molecule has 5 nitrogen and oxygen atoms in total. The highest BCUT2D eigenvalue weighted by Gasteiger charge is 2.10. The van der Waals surface area contributed by atoms with Gasteiger partial charge >= 0.3 is 0 Å². The summed E-state index contributed by atoms with van der Waals surface area (Å²) in [7, 11) is 0. The van der Waals surface area contributed by atoms with Crippen LogP contribution in [0, 0.1) is 12.8 Å². The summed E-state index contributed by atoms with van der Waals surface area (Å²) < 4.78 is 0. The summed E-state index contributed by atoms with van der Waals surface area (Å²) in [6, 6.07) is 0. The minimum Gasteiger partial charge on any atom is -0.396 e. The standard InChI is InChI=1S/C14H26N4O/c1-5-12-17-13(15-6-2)11(4)14(18-12)16-9-10(3)7-8-19/h10,19H,5-9H2,1-4H3,(H2,15,16,17,18). The maximum atomic E-state index is 8.92. The van der Waals surface area contributed by atoms with E-state index >= 15 is 0 Å². The van der Waals surface area contributed by atoms with Crippen LogP contribution < -0.4 is 10.6 Å². The largest absolute Gasteiger partial charge is 0.396 e. The van der Waals surface area contributed by atoms with Gasteiger partial charge in [-0.25, -0.2) is 9.97 Å². The Bertz CT molecular complexity index is 395. The van der Waals surface area contributed by atoms with Gasteiger partial charge in [-0.05, 0) is 26.2 Å². The Morgan fingerprint density at radius 2 is 1.79 bits per heavy atom. The number of aryl methyl sites for hydroxylation is 1. The smallest absolute Gasteiger partial charge is 0.134 e. The number of aromatic nitrogens is 2. The van der Waals surface area contributed by atoms with Crippen molar-refractivity contribution in [3.63, 3.8) is 0 Å². The van der Waals surface area contributed by atoms with Crippen LogP contribution >= 0.6 is 0 Å². The highest BCUT2D eigenvalue weighted by molar-refractivity contribution is 5.57. The van der Waals surface area contributed by atoms with E-state index in [1.54, 1.807) is 0 Å². The van der Waals surface area contributed by atoms with Gasteiger partial charge in [0.25, 0.3) is 0 Å². The third kappa shape index (κ3) is 4.67. The first-order chi connectivity index (χ1) is 9.12. The molecule has 0 bridgehead atoms. The van der Waals surface area contributed by atoms with Crippen LogP contribution in [0.15, 0.2) is 0 Å². The monoisotopic (exact) mass is 266 g/mol. The van der Waals surface area contributed by atoms with Crippen LogP contribution in [0.3, 0.4) is 0 Å². The van der Waals surface area contributed by atoms with E-state index in [4.69, 9.17) is 5.11 Å². The molecule has 1 aromatic heterocycles. The van der Waals surface area contributed by atoms with Crippen LogP contribution in [0.4, 0.5) is 11.6 Å². The molecular formula is C14H26N4O. The Balaban J connectivity index is 2.83. The summed E-state index contributed by atoms with van der Waals surface area (Å²) in [5.74, 6) is 3.07. The Morgan fingerprint density at radius 1 is 1.16 bits per heavy atom. The average molecular weight is 266 g/mol. The van der Waals surface area contributed by atoms with Gasteiger partial charge in [0.15, 0.2) is 0 Å². The number of hydrogen-bond acceptors (Lipinski definition) is 5. The number of anilines is 2. The quantitative estimate of drug-likeness (QED) is 0.673. The molecule has 3 N–H and O–H groups in total. The number of hydrogen-bond donors (Lipinski definition) is 3. The van der Waals surface area contributed by atoms with Crippen LogP contribution in [0.25, 0.3) is 0 Å². The van der Waals surface area contributed by atoms with E-state index in [9.17, 15) is 0 Å². The number of aliphatic hydroxyl groups excluding tert-OH is 1. The molecule has 0 aliphatic rings. The summed E-state index contributed by atoms with van der Waals surface area (Å²) in [6.07, 6.45) is 1.62. The van der Waals surface area contributed by atoms with Gasteiger partial charge in [-0.1, -0.05) is 13.8 Å². The lowest BCUT2D eigenvalue weighted by atomic mass is 10.1. The number of rotatable bonds is 8. The molecule has 1 rings (SSSR count). The van der Waals surface area contributed by atoms with Gasteiger partial charge in [0, 0.05) is 31.7 Å². The third-order valence-corrected chi connectivity index (χ3v) is 3.09. The lowest BCUT2D eigenvalue weighted by Gasteiger charge is -2.16. The molecule has 0 aromatic carbocycles. The molecule has 0 fully saturated rings. The zero-order chi connectivity index (χ0) is 14.3. The fourth-order valence-corrected chi connectivity index (χ4v) is 1.83. The van der Waals surface area contributed by atoms with Gasteiger partial charge < -0.3 is 15.7 Å². The van der Waals surface area contributed by atoms with E-state index in [-0.39, 0.29) is 6.61 Å². The first-order valence-corrected chi connectivity index (χ1v) is 7.08. The third-order valence-electron chi connectivity index (χ3n) is 3.09. The van der Waals surface area contributed by atoms with Crippen LogP contribution in [0.1, 0.15) is 38.6 Å². The zero-order valence-electron chi connectivity index (χ0n) is 12.5. The maximum Gasteiger partial charge on any atom is 0.134 e.